The summed E-state index contributed by atoms with van der Waals surface area (Å²) in [6.07, 6.45) is 0. The molecule has 5 heteroatoms. The second-order valence-electron chi connectivity index (χ2n) is 9.01. The lowest BCUT2D eigenvalue weighted by molar-refractivity contribution is 0.103. The van der Waals surface area contributed by atoms with E-state index in [-0.39, 0.29) is 10.7 Å². The van der Waals surface area contributed by atoms with Gasteiger partial charge in [0, 0.05) is 27.6 Å². The van der Waals surface area contributed by atoms with Gasteiger partial charge in [-0.05, 0) is 65.7 Å². The molecule has 0 amide bonds. The van der Waals surface area contributed by atoms with E-state index in [4.69, 9.17) is 0 Å². The summed E-state index contributed by atoms with van der Waals surface area (Å²) in [5, 5.41) is 2.26. The lowest BCUT2D eigenvalue weighted by Crippen LogP contribution is -2.18. The highest BCUT2D eigenvalue weighted by molar-refractivity contribution is 8.24. The predicted octanol–water partition coefficient (Wildman–Crippen LogP) is 8.16. The molecule has 36 heavy (non-hydrogen) atoms. The van der Waals surface area contributed by atoms with Crippen LogP contribution in [0.4, 0.5) is 0 Å². The maximum absolute atomic E-state index is 13.3. The van der Waals surface area contributed by atoms with Gasteiger partial charge in [0.05, 0.1) is 20.8 Å². The maximum atomic E-state index is 13.3. The van der Waals surface area contributed by atoms with Gasteiger partial charge in [-0.25, -0.2) is 0 Å². The van der Waals surface area contributed by atoms with Gasteiger partial charge in [0.25, 0.3) is 0 Å². The highest BCUT2D eigenvalue weighted by Gasteiger charge is 2.35. The minimum atomic E-state index is -3.25. The van der Waals surface area contributed by atoms with Crippen LogP contribution in [0.25, 0.3) is 38.6 Å². The molecule has 5 aromatic carbocycles. The molecule has 1 aromatic heterocycles. The number of carbonyl (C=O) groups excluding carboxylic acids is 1. The third-order valence-corrected chi connectivity index (χ3v) is 8.93. The number of fused-ring (bicyclic) bond motifs is 5. The highest BCUT2D eigenvalue weighted by Crippen LogP contribution is 2.61. The van der Waals surface area contributed by atoms with Crippen LogP contribution in [-0.4, -0.2) is 19.5 Å². The van der Waals surface area contributed by atoms with Crippen molar-refractivity contribution in [3.8, 4) is 16.8 Å². The van der Waals surface area contributed by atoms with Crippen molar-refractivity contribution in [3.05, 3.63) is 126 Å². The van der Waals surface area contributed by atoms with E-state index in [1.165, 1.54) is 0 Å². The van der Waals surface area contributed by atoms with Crippen LogP contribution >= 0.6 is 10.6 Å². The van der Waals surface area contributed by atoms with Crippen LogP contribution < -0.4 is 0 Å². The van der Waals surface area contributed by atoms with Crippen LogP contribution in [0, 0.1) is 0 Å². The van der Waals surface area contributed by atoms with E-state index in [1.54, 1.807) is 36.4 Å². The normalized spacial score (nSPS) is 15.0. The van der Waals surface area contributed by atoms with Crippen molar-refractivity contribution in [1.29, 1.82) is 0 Å². The Morgan fingerprint density at radius 2 is 1.19 bits per heavy atom. The average Bonchev–Trinajstić information content (AvgIpc) is 3.26. The summed E-state index contributed by atoms with van der Waals surface area (Å²) in [7, 11) is -3.25. The smallest absolute Gasteiger partial charge is 0.196 e. The largest absolute Gasteiger partial charge is 0.309 e. The summed E-state index contributed by atoms with van der Waals surface area (Å²) in [6, 6.07) is 37.1. The molecule has 0 bridgehead atoms. The number of carbonyl (C=O) groups is 1. The third kappa shape index (κ3) is 2.94. The monoisotopic (exact) mass is 487 g/mol. The molecule has 174 valence electrons. The summed E-state index contributed by atoms with van der Waals surface area (Å²) < 4.78 is 24.3. The molecule has 1 aliphatic heterocycles. The first-order valence-electron chi connectivity index (χ1n) is 11.7. The number of rotatable bonds is 2. The van der Waals surface area contributed by atoms with Gasteiger partial charge in [-0.1, -0.05) is 60.7 Å². The number of benzene rings is 5. The summed E-state index contributed by atoms with van der Waals surface area (Å²) in [5.41, 5.74) is 5.84. The van der Waals surface area contributed by atoms with Crippen LogP contribution in [0.5, 0.6) is 0 Å². The van der Waals surface area contributed by atoms with E-state index in [0.29, 0.717) is 16.0 Å². The Hall–Kier alpha value is -4.16. The number of para-hydroxylation sites is 2. The molecule has 2 heterocycles. The van der Waals surface area contributed by atoms with Crippen molar-refractivity contribution in [2.45, 2.75) is 9.79 Å². The van der Waals surface area contributed by atoms with Crippen LogP contribution in [0.15, 0.2) is 125 Å². The zero-order valence-corrected chi connectivity index (χ0v) is 19.9. The molecule has 0 saturated heterocycles. The lowest BCUT2D eigenvalue weighted by Gasteiger charge is -2.38. The molecule has 0 fully saturated rings. The molecule has 6 aromatic rings. The first kappa shape index (κ1) is 21.1. The Morgan fingerprint density at radius 3 is 2.06 bits per heavy atom. The molecule has 0 aliphatic carbocycles. The van der Waals surface area contributed by atoms with Crippen LogP contribution in [0.1, 0.15) is 15.9 Å². The van der Waals surface area contributed by atoms with E-state index in [1.807, 2.05) is 36.4 Å². The molecule has 7 rings (SSSR count). The van der Waals surface area contributed by atoms with Gasteiger partial charge in [0.1, 0.15) is 0 Å². The Labute approximate surface area is 209 Å². The molecule has 2 N–H and O–H groups in total. The molecule has 0 radical (unpaired) electrons. The van der Waals surface area contributed by atoms with Crippen molar-refractivity contribution in [1.82, 2.24) is 4.57 Å². The number of hydrogen-bond donors (Lipinski definition) is 2. The molecule has 0 saturated carbocycles. The minimum absolute atomic E-state index is 0.185. The van der Waals surface area contributed by atoms with Gasteiger partial charge >= 0.3 is 0 Å². The summed E-state index contributed by atoms with van der Waals surface area (Å²) in [4.78, 5) is 13.9. The summed E-state index contributed by atoms with van der Waals surface area (Å²) in [6.45, 7) is 0. The van der Waals surface area contributed by atoms with Gasteiger partial charge in [-0.3, -0.25) is 13.9 Å². The zero-order valence-electron chi connectivity index (χ0n) is 19.1. The molecular weight excluding hydrogens is 466 g/mol. The van der Waals surface area contributed by atoms with E-state index >= 15 is 0 Å². The fraction of sp³-hybridized carbons (Fsp3) is 0. The van der Waals surface area contributed by atoms with Gasteiger partial charge in [-0.2, -0.15) is 0 Å². The molecule has 0 atom stereocenters. The quantitative estimate of drug-likeness (QED) is 0.259. The van der Waals surface area contributed by atoms with Gasteiger partial charge in [0.2, 0.25) is 0 Å². The number of ketones is 1. The number of aromatic nitrogens is 1. The first-order chi connectivity index (χ1) is 17.5. The van der Waals surface area contributed by atoms with Crippen molar-refractivity contribution in [2.75, 3.05) is 0 Å². The predicted molar refractivity (Wildman–Crippen MR) is 145 cm³/mol. The van der Waals surface area contributed by atoms with Crippen molar-refractivity contribution in [3.63, 3.8) is 0 Å². The van der Waals surface area contributed by atoms with Crippen molar-refractivity contribution in [2.24, 2.45) is 0 Å². The Kier molecular flexibility index (Phi) is 4.51. The number of nitrogens with zero attached hydrogens (tertiary/aromatic N) is 1. The Bertz CT molecular complexity index is 1840. The van der Waals surface area contributed by atoms with Crippen molar-refractivity contribution < 1.29 is 13.9 Å². The SMILES string of the molecule is O=C1c2ccccc2S(O)(O)c2ccc(-c3ccc4c(c3)c3ccccc3n4-c3ccccc3)cc21. The second-order valence-corrected chi connectivity index (χ2v) is 11.0. The first-order valence-corrected chi connectivity index (χ1v) is 13.2. The molecule has 0 spiro atoms. The van der Waals surface area contributed by atoms with Gasteiger partial charge < -0.3 is 4.57 Å². The number of hydrogen-bond acceptors (Lipinski definition) is 3. The summed E-state index contributed by atoms with van der Waals surface area (Å²) >= 11 is 0. The van der Waals surface area contributed by atoms with Crippen molar-refractivity contribution >= 4 is 38.2 Å². The fourth-order valence-electron chi connectivity index (χ4n) is 5.31. The molecule has 0 unspecified atom stereocenters. The topological polar surface area (TPSA) is 62.5 Å². The standard InChI is InChI=1S/C31H21NO3S/c33-31-24-11-5-7-13-29(24)36(34,35)30-17-15-21(19-26(30)31)20-14-16-28-25(18-20)23-10-4-6-12-27(23)32(28)22-8-2-1-3-9-22/h1-19,34-35H. The molecular formula is C31H21NO3S. The third-order valence-electron chi connectivity index (χ3n) is 6.99. The zero-order chi connectivity index (χ0) is 24.4. The van der Waals surface area contributed by atoms with Crippen LogP contribution in [-0.2, 0) is 0 Å². The van der Waals surface area contributed by atoms with Crippen LogP contribution in [0.2, 0.25) is 0 Å². The minimum Gasteiger partial charge on any atom is -0.309 e. The highest BCUT2D eigenvalue weighted by atomic mass is 32.3. The maximum Gasteiger partial charge on any atom is 0.196 e. The van der Waals surface area contributed by atoms with Crippen LogP contribution in [0.3, 0.4) is 0 Å². The lowest BCUT2D eigenvalue weighted by atomic mass is 9.96. The van der Waals surface area contributed by atoms with E-state index in [0.717, 1.165) is 38.6 Å². The fourth-order valence-corrected chi connectivity index (χ4v) is 7.00. The second kappa shape index (κ2) is 7.67. The van der Waals surface area contributed by atoms with E-state index in [9.17, 15) is 13.9 Å². The van der Waals surface area contributed by atoms with Gasteiger partial charge in [0.15, 0.2) is 5.78 Å². The Balaban J connectivity index is 1.42. The summed E-state index contributed by atoms with van der Waals surface area (Å²) in [5.74, 6) is -0.185. The van der Waals surface area contributed by atoms with Gasteiger partial charge in [-0.15, -0.1) is 10.6 Å². The molecule has 1 aliphatic rings. The Morgan fingerprint density at radius 1 is 0.556 bits per heavy atom. The van der Waals surface area contributed by atoms with E-state index in [2.05, 4.69) is 47.0 Å². The average molecular weight is 488 g/mol. The van der Waals surface area contributed by atoms with E-state index < -0.39 is 10.6 Å². The molecule has 4 nitrogen and oxygen atoms in total.